The molecule has 0 fully saturated rings. The fraction of sp³-hybridized carbons (Fsp3) is 0.241. The van der Waals surface area contributed by atoms with Crippen LogP contribution in [0.15, 0.2) is 97.1 Å². The van der Waals surface area contributed by atoms with Gasteiger partial charge in [-0.2, -0.15) is 0 Å². The Morgan fingerprint density at radius 1 is 0.448 bits per heavy atom. The van der Waals surface area contributed by atoms with Crippen LogP contribution in [-0.2, 0) is 0 Å². The van der Waals surface area contributed by atoms with Gasteiger partial charge in [-0.3, -0.25) is 0 Å². The molecule has 0 radical (unpaired) electrons. The minimum Gasteiger partial charge on any atom is -0.0776 e. The third-order valence-electron chi connectivity index (χ3n) is 4.17. The van der Waals surface area contributed by atoms with Gasteiger partial charge in [-0.1, -0.05) is 138 Å². The summed E-state index contributed by atoms with van der Waals surface area (Å²) in [6.45, 7) is 12.2. The van der Waals surface area contributed by atoms with Crippen LogP contribution in [0.5, 0.6) is 0 Å². The maximum absolute atomic E-state index is 2.16. The van der Waals surface area contributed by atoms with Crippen LogP contribution in [0.2, 0.25) is 0 Å². The summed E-state index contributed by atoms with van der Waals surface area (Å²) in [6.07, 6.45) is 0. The first-order valence-electron chi connectivity index (χ1n) is 10.3. The summed E-state index contributed by atoms with van der Waals surface area (Å²) >= 11 is 0. The van der Waals surface area contributed by atoms with Gasteiger partial charge in [0.2, 0.25) is 0 Å². The van der Waals surface area contributed by atoms with E-state index in [4.69, 9.17) is 0 Å². The van der Waals surface area contributed by atoms with Crippen LogP contribution in [-0.4, -0.2) is 0 Å². The van der Waals surface area contributed by atoms with E-state index in [1.807, 2.05) is 33.8 Å². The van der Waals surface area contributed by atoms with Crippen molar-refractivity contribution < 1.29 is 0 Å². The van der Waals surface area contributed by atoms with Crippen LogP contribution in [0, 0.1) is 13.8 Å². The summed E-state index contributed by atoms with van der Waals surface area (Å²) in [5.74, 6) is 0. The molecule has 4 rings (SSSR count). The topological polar surface area (TPSA) is 0 Å². The minimum absolute atomic E-state index is 0. The molecule has 4 aromatic carbocycles. The van der Waals surface area contributed by atoms with Gasteiger partial charge in [-0.25, -0.2) is 0 Å². The third kappa shape index (κ3) is 8.35. The Kier molecular flexibility index (Phi) is 13.6. The first kappa shape index (κ1) is 26.1. The molecule has 0 aromatic heterocycles. The Morgan fingerprint density at radius 3 is 1.52 bits per heavy atom. The van der Waals surface area contributed by atoms with Gasteiger partial charge in [-0.15, -0.1) is 0 Å². The van der Waals surface area contributed by atoms with Crippen molar-refractivity contribution >= 4 is 10.8 Å². The van der Waals surface area contributed by atoms with Crippen LogP contribution in [0.25, 0.3) is 21.9 Å². The molecule has 154 valence electrons. The molecule has 0 heterocycles. The van der Waals surface area contributed by atoms with Gasteiger partial charge in [0.05, 0.1) is 0 Å². The summed E-state index contributed by atoms with van der Waals surface area (Å²) in [5, 5.41) is 2.68. The van der Waals surface area contributed by atoms with Crippen molar-refractivity contribution in [2.45, 2.75) is 49.0 Å². The summed E-state index contributed by atoms with van der Waals surface area (Å²) in [6, 6.07) is 33.9. The van der Waals surface area contributed by atoms with E-state index in [1.165, 1.54) is 33.0 Å². The molecule has 0 atom stereocenters. The highest BCUT2D eigenvalue weighted by atomic mass is 14.0. The van der Waals surface area contributed by atoms with E-state index >= 15 is 0 Å². The molecule has 0 nitrogen and oxygen atoms in total. The predicted molar refractivity (Wildman–Crippen MR) is 135 cm³/mol. The smallest absolute Gasteiger partial charge is 0.0155 e. The average Bonchev–Trinajstić information content (AvgIpc) is 2.79. The van der Waals surface area contributed by atoms with Gasteiger partial charge in [0.25, 0.3) is 0 Å². The SMILES string of the molecule is C.CC.CC.Cc1ccc(-c2ccccc2)cc1.Cc1cccc2ccccc12. The zero-order chi connectivity index (χ0) is 20.8. The van der Waals surface area contributed by atoms with Gasteiger partial charge in [0.1, 0.15) is 0 Å². The Bertz CT molecular complexity index is 898. The van der Waals surface area contributed by atoms with E-state index in [0.29, 0.717) is 0 Å². The number of hydrogen-bond donors (Lipinski definition) is 0. The Morgan fingerprint density at radius 2 is 0.931 bits per heavy atom. The second-order valence-corrected chi connectivity index (χ2v) is 6.03. The quantitative estimate of drug-likeness (QED) is 0.305. The standard InChI is InChI=1S/C13H12.C11H10.2C2H6.CH4/c1-11-7-9-13(10-8-11)12-5-3-2-4-6-12;1-9-5-4-7-10-6-2-3-8-11(9)10;2*1-2;/h2-10H,1H3;2-8H,1H3;2*1-2H3;1H4. The van der Waals surface area contributed by atoms with E-state index in [-0.39, 0.29) is 7.43 Å². The first-order valence-corrected chi connectivity index (χ1v) is 10.3. The van der Waals surface area contributed by atoms with Gasteiger partial charge < -0.3 is 0 Å². The predicted octanol–water partition coefficient (Wildman–Crippen LogP) is 9.50. The number of benzene rings is 4. The van der Waals surface area contributed by atoms with Gasteiger partial charge >= 0.3 is 0 Å². The maximum atomic E-state index is 2.16. The Labute approximate surface area is 179 Å². The molecule has 0 unspecified atom stereocenters. The number of fused-ring (bicyclic) bond motifs is 1. The molecule has 0 saturated heterocycles. The van der Waals surface area contributed by atoms with Crippen LogP contribution in [0.1, 0.15) is 46.2 Å². The average molecular weight is 387 g/mol. The Balaban J connectivity index is 0.000000452. The Hall–Kier alpha value is -2.86. The molecule has 0 aliphatic rings. The van der Waals surface area contributed by atoms with Crippen LogP contribution < -0.4 is 0 Å². The molecule has 0 bridgehead atoms. The molecular weight excluding hydrogens is 348 g/mol. The van der Waals surface area contributed by atoms with Crippen LogP contribution in [0.4, 0.5) is 0 Å². The molecule has 0 heteroatoms. The number of rotatable bonds is 1. The van der Waals surface area contributed by atoms with Crippen molar-refractivity contribution in [1.29, 1.82) is 0 Å². The molecule has 0 aliphatic heterocycles. The monoisotopic (exact) mass is 386 g/mol. The number of aryl methyl sites for hydroxylation is 2. The van der Waals surface area contributed by atoms with Crippen molar-refractivity contribution in [3.8, 4) is 11.1 Å². The zero-order valence-corrected chi connectivity index (χ0v) is 18.2. The number of hydrogen-bond acceptors (Lipinski definition) is 0. The summed E-state index contributed by atoms with van der Waals surface area (Å²) < 4.78 is 0. The van der Waals surface area contributed by atoms with Gasteiger partial charge in [0, 0.05) is 0 Å². The van der Waals surface area contributed by atoms with E-state index in [0.717, 1.165) is 0 Å². The van der Waals surface area contributed by atoms with E-state index in [2.05, 4.69) is 105 Å². The maximum Gasteiger partial charge on any atom is -0.0155 e. The van der Waals surface area contributed by atoms with Crippen LogP contribution in [0.3, 0.4) is 0 Å². The fourth-order valence-electron chi connectivity index (χ4n) is 2.76. The third-order valence-corrected chi connectivity index (χ3v) is 4.17. The summed E-state index contributed by atoms with van der Waals surface area (Å²) in [5.41, 5.74) is 5.22. The summed E-state index contributed by atoms with van der Waals surface area (Å²) in [7, 11) is 0. The minimum atomic E-state index is 0. The van der Waals surface area contributed by atoms with E-state index in [9.17, 15) is 0 Å². The molecule has 0 N–H and O–H groups in total. The molecule has 29 heavy (non-hydrogen) atoms. The zero-order valence-electron chi connectivity index (χ0n) is 18.2. The largest absolute Gasteiger partial charge is 0.0776 e. The molecule has 0 saturated carbocycles. The van der Waals surface area contributed by atoms with Crippen LogP contribution >= 0.6 is 0 Å². The lowest BCUT2D eigenvalue weighted by Crippen LogP contribution is -1.76. The van der Waals surface area contributed by atoms with Gasteiger partial charge in [-0.05, 0) is 41.3 Å². The van der Waals surface area contributed by atoms with Crippen molar-refractivity contribution in [3.05, 3.63) is 108 Å². The molecule has 0 spiro atoms. The molecule has 0 amide bonds. The lowest BCUT2D eigenvalue weighted by atomic mass is 10.0. The fourth-order valence-corrected chi connectivity index (χ4v) is 2.76. The highest BCUT2D eigenvalue weighted by Crippen LogP contribution is 2.18. The van der Waals surface area contributed by atoms with E-state index in [1.54, 1.807) is 0 Å². The van der Waals surface area contributed by atoms with Gasteiger partial charge in [0.15, 0.2) is 0 Å². The molecular formula is C29H38. The van der Waals surface area contributed by atoms with Crippen molar-refractivity contribution in [3.63, 3.8) is 0 Å². The van der Waals surface area contributed by atoms with E-state index < -0.39 is 0 Å². The lowest BCUT2D eigenvalue weighted by Gasteiger charge is -2.00. The van der Waals surface area contributed by atoms with Crippen molar-refractivity contribution in [1.82, 2.24) is 0 Å². The molecule has 4 aromatic rings. The highest BCUT2D eigenvalue weighted by Gasteiger charge is 1.94. The first-order chi connectivity index (χ1) is 13.7. The lowest BCUT2D eigenvalue weighted by molar-refractivity contribution is 1.47. The van der Waals surface area contributed by atoms with Crippen molar-refractivity contribution in [2.75, 3.05) is 0 Å². The highest BCUT2D eigenvalue weighted by molar-refractivity contribution is 5.85. The second kappa shape index (κ2) is 15.1. The molecule has 0 aliphatic carbocycles. The summed E-state index contributed by atoms with van der Waals surface area (Å²) in [4.78, 5) is 0. The normalized spacial score (nSPS) is 8.76. The van der Waals surface area contributed by atoms with Crippen molar-refractivity contribution in [2.24, 2.45) is 0 Å². The second-order valence-electron chi connectivity index (χ2n) is 6.03.